The third-order valence-electron chi connectivity index (χ3n) is 3.50. The van der Waals surface area contributed by atoms with E-state index in [1.54, 1.807) is 6.07 Å². The Morgan fingerprint density at radius 1 is 1.20 bits per heavy atom. The summed E-state index contributed by atoms with van der Waals surface area (Å²) in [5.74, 6) is 0.126. The van der Waals surface area contributed by atoms with Crippen molar-refractivity contribution < 1.29 is 9.13 Å². The quantitative estimate of drug-likeness (QED) is 0.583. The van der Waals surface area contributed by atoms with E-state index in [2.05, 4.69) is 20.4 Å². The molecule has 0 aliphatic rings. The number of rotatable bonds is 4. The molecule has 9 heteroatoms. The highest BCUT2D eigenvalue weighted by Crippen LogP contribution is 2.28. The lowest BCUT2D eigenvalue weighted by Gasteiger charge is -2.07. The number of methoxy groups -OCH3 is 1. The monoisotopic (exact) mass is 356 g/mol. The fraction of sp³-hybridized carbons (Fsp3) is 0.0625. The molecule has 0 aliphatic heterocycles. The zero-order valence-electron chi connectivity index (χ0n) is 13.1. The molecule has 4 aromatic rings. The molecule has 4 rings (SSSR count). The van der Waals surface area contributed by atoms with Gasteiger partial charge in [-0.3, -0.25) is 0 Å². The number of nitrogen functional groups attached to an aromatic ring is 1. The maximum absolute atomic E-state index is 13.9. The van der Waals surface area contributed by atoms with Crippen molar-refractivity contribution in [2.75, 3.05) is 18.2 Å². The average Bonchev–Trinajstić information content (AvgIpc) is 3.18. The Morgan fingerprint density at radius 2 is 2.04 bits per heavy atom. The number of aromatic nitrogens is 4. The molecular formula is C16H13FN6OS. The lowest BCUT2D eigenvalue weighted by Crippen LogP contribution is -2.03. The Morgan fingerprint density at radius 3 is 2.80 bits per heavy atom. The molecule has 0 bridgehead atoms. The Hall–Kier alpha value is -3.20. The predicted molar refractivity (Wildman–Crippen MR) is 95.2 cm³/mol. The summed E-state index contributed by atoms with van der Waals surface area (Å²) in [4.78, 5) is 8.69. The van der Waals surface area contributed by atoms with Gasteiger partial charge in [-0.15, -0.1) is 5.10 Å². The van der Waals surface area contributed by atoms with Crippen molar-refractivity contribution >= 4 is 39.1 Å². The van der Waals surface area contributed by atoms with E-state index in [0.29, 0.717) is 16.8 Å². The summed E-state index contributed by atoms with van der Waals surface area (Å²) in [6.45, 7) is 0. The number of para-hydroxylation sites is 1. The Bertz CT molecular complexity index is 1030. The first-order valence-electron chi connectivity index (χ1n) is 7.33. The van der Waals surface area contributed by atoms with Gasteiger partial charge in [0.25, 0.3) is 0 Å². The van der Waals surface area contributed by atoms with Crippen LogP contribution in [0.15, 0.2) is 42.5 Å². The van der Waals surface area contributed by atoms with Crippen LogP contribution in [0.5, 0.6) is 5.75 Å². The van der Waals surface area contributed by atoms with Gasteiger partial charge >= 0.3 is 0 Å². The van der Waals surface area contributed by atoms with Gasteiger partial charge in [-0.05, 0) is 24.3 Å². The molecule has 3 N–H and O–H groups in total. The summed E-state index contributed by atoms with van der Waals surface area (Å²) in [6.07, 6.45) is 0. The smallest absolute Gasteiger partial charge is 0.241 e. The van der Waals surface area contributed by atoms with Crippen LogP contribution < -0.4 is 15.8 Å². The minimum atomic E-state index is -0.480. The van der Waals surface area contributed by atoms with E-state index >= 15 is 0 Å². The topological polar surface area (TPSA) is 90.9 Å². The predicted octanol–water partition coefficient (Wildman–Crippen LogP) is 3.35. The Kier molecular flexibility index (Phi) is 3.69. The third-order valence-corrected chi connectivity index (χ3v) is 4.51. The molecule has 2 aromatic heterocycles. The molecule has 0 radical (unpaired) electrons. The fourth-order valence-corrected chi connectivity index (χ4v) is 3.29. The molecule has 0 unspecified atom stereocenters. The standard InChI is InChI=1S/C16H13FN6OS/c1-24-12-7-6-9(8-10(12)17)19-15-21-14(18)22-23(15)16-20-11-4-2-3-5-13(11)25-16/h2-8H,1H3,(H3,18,19,21,22). The molecule has 2 heterocycles. The van der Waals surface area contributed by atoms with Crippen LogP contribution in [0, 0.1) is 5.82 Å². The highest BCUT2D eigenvalue weighted by atomic mass is 32.1. The number of halogens is 1. The summed E-state index contributed by atoms with van der Waals surface area (Å²) >= 11 is 1.46. The highest BCUT2D eigenvalue weighted by molar-refractivity contribution is 7.20. The van der Waals surface area contributed by atoms with Crippen molar-refractivity contribution in [2.24, 2.45) is 0 Å². The number of fused-ring (bicyclic) bond motifs is 1. The summed E-state index contributed by atoms with van der Waals surface area (Å²) in [5.41, 5.74) is 7.09. The molecule has 0 aliphatic carbocycles. The number of ether oxygens (including phenoxy) is 1. The van der Waals surface area contributed by atoms with E-state index < -0.39 is 5.82 Å². The van der Waals surface area contributed by atoms with Gasteiger partial charge in [0.1, 0.15) is 0 Å². The minimum absolute atomic E-state index is 0.0933. The molecular weight excluding hydrogens is 343 g/mol. The van der Waals surface area contributed by atoms with Crippen molar-refractivity contribution in [1.29, 1.82) is 0 Å². The van der Waals surface area contributed by atoms with Crippen LogP contribution >= 0.6 is 11.3 Å². The number of hydrogen-bond acceptors (Lipinski definition) is 7. The number of nitrogens with zero attached hydrogens (tertiary/aromatic N) is 4. The normalized spacial score (nSPS) is 11.0. The Balaban J connectivity index is 1.72. The largest absolute Gasteiger partial charge is 0.494 e. The lowest BCUT2D eigenvalue weighted by molar-refractivity contribution is 0.386. The van der Waals surface area contributed by atoms with Gasteiger partial charge < -0.3 is 15.8 Å². The summed E-state index contributed by atoms with van der Waals surface area (Å²) < 4.78 is 21.3. The van der Waals surface area contributed by atoms with Crippen LogP contribution in [-0.4, -0.2) is 26.9 Å². The maximum Gasteiger partial charge on any atom is 0.241 e. The van der Waals surface area contributed by atoms with Gasteiger partial charge in [0.15, 0.2) is 11.6 Å². The first kappa shape index (κ1) is 15.3. The molecule has 0 saturated carbocycles. The van der Waals surface area contributed by atoms with Crippen LogP contribution in [0.3, 0.4) is 0 Å². The SMILES string of the molecule is COc1ccc(Nc2nc(N)nn2-c2nc3ccccc3s2)cc1F. The lowest BCUT2D eigenvalue weighted by atomic mass is 10.3. The molecule has 126 valence electrons. The number of thiazole rings is 1. The van der Waals surface area contributed by atoms with Crippen LogP contribution in [0.2, 0.25) is 0 Å². The van der Waals surface area contributed by atoms with Crippen molar-refractivity contribution in [1.82, 2.24) is 19.7 Å². The third kappa shape index (κ3) is 2.85. The number of hydrogen-bond donors (Lipinski definition) is 2. The van der Waals surface area contributed by atoms with Crippen LogP contribution in [-0.2, 0) is 0 Å². The molecule has 0 fully saturated rings. The van der Waals surface area contributed by atoms with E-state index in [4.69, 9.17) is 10.5 Å². The maximum atomic E-state index is 13.9. The van der Waals surface area contributed by atoms with E-state index in [-0.39, 0.29) is 11.7 Å². The van der Waals surface area contributed by atoms with Gasteiger partial charge in [-0.2, -0.15) is 9.67 Å². The summed E-state index contributed by atoms with van der Waals surface area (Å²) in [5, 5.41) is 7.80. The van der Waals surface area contributed by atoms with Crippen molar-refractivity contribution in [3.63, 3.8) is 0 Å². The second-order valence-corrected chi connectivity index (χ2v) is 6.15. The minimum Gasteiger partial charge on any atom is -0.494 e. The first-order chi connectivity index (χ1) is 12.1. The van der Waals surface area contributed by atoms with E-state index in [9.17, 15) is 4.39 Å². The van der Waals surface area contributed by atoms with Gasteiger partial charge in [-0.1, -0.05) is 23.5 Å². The van der Waals surface area contributed by atoms with Crippen molar-refractivity contribution in [2.45, 2.75) is 0 Å². The van der Waals surface area contributed by atoms with Crippen LogP contribution in [0.1, 0.15) is 0 Å². The number of nitrogens with one attached hydrogen (secondary N) is 1. The molecule has 7 nitrogen and oxygen atoms in total. The molecule has 0 spiro atoms. The van der Waals surface area contributed by atoms with Crippen molar-refractivity contribution in [3.8, 4) is 10.9 Å². The Labute approximate surface area is 145 Å². The number of anilines is 3. The highest BCUT2D eigenvalue weighted by Gasteiger charge is 2.15. The summed E-state index contributed by atoms with van der Waals surface area (Å²) in [6, 6.07) is 12.3. The molecule has 2 aromatic carbocycles. The second kappa shape index (κ2) is 6.02. The van der Waals surface area contributed by atoms with Crippen molar-refractivity contribution in [3.05, 3.63) is 48.3 Å². The zero-order valence-corrected chi connectivity index (χ0v) is 13.9. The average molecular weight is 356 g/mol. The first-order valence-corrected chi connectivity index (χ1v) is 8.15. The van der Waals surface area contributed by atoms with Gasteiger partial charge in [0.2, 0.25) is 17.0 Å². The van der Waals surface area contributed by atoms with Crippen LogP contribution in [0.25, 0.3) is 15.3 Å². The van der Waals surface area contributed by atoms with E-state index in [1.807, 2.05) is 24.3 Å². The zero-order chi connectivity index (χ0) is 17.4. The summed E-state index contributed by atoms with van der Waals surface area (Å²) in [7, 11) is 1.41. The van der Waals surface area contributed by atoms with Gasteiger partial charge in [0.05, 0.1) is 17.3 Å². The fourth-order valence-electron chi connectivity index (χ4n) is 2.37. The van der Waals surface area contributed by atoms with Gasteiger partial charge in [-0.25, -0.2) is 9.37 Å². The molecule has 25 heavy (non-hydrogen) atoms. The van der Waals surface area contributed by atoms with Crippen LogP contribution in [0.4, 0.5) is 22.0 Å². The molecule has 0 atom stereocenters. The second-order valence-electron chi connectivity index (χ2n) is 5.14. The van der Waals surface area contributed by atoms with Gasteiger partial charge in [0, 0.05) is 11.8 Å². The molecule has 0 saturated heterocycles. The molecule has 0 amide bonds. The van der Waals surface area contributed by atoms with E-state index in [0.717, 1.165) is 10.2 Å². The van der Waals surface area contributed by atoms with E-state index in [1.165, 1.54) is 35.3 Å². The number of benzene rings is 2. The number of nitrogens with two attached hydrogens (primary N) is 1.